The summed E-state index contributed by atoms with van der Waals surface area (Å²) in [4.78, 5) is 23.5. The largest absolute Gasteiger partial charge is 0.489 e. The van der Waals surface area contributed by atoms with Gasteiger partial charge in [-0.3, -0.25) is 4.79 Å². The van der Waals surface area contributed by atoms with Gasteiger partial charge in [-0.05, 0) is 38.0 Å². The molecular weight excluding hydrogens is 384 g/mol. The van der Waals surface area contributed by atoms with E-state index in [1.807, 2.05) is 32.0 Å². The summed E-state index contributed by atoms with van der Waals surface area (Å²) in [5.74, 6) is 2.15. The topological polar surface area (TPSA) is 96.8 Å². The summed E-state index contributed by atoms with van der Waals surface area (Å²) in [6.45, 7) is 6.18. The number of hydrogen-bond donors (Lipinski definition) is 2. The molecule has 4 heterocycles. The molecule has 2 aromatic heterocycles. The Morgan fingerprint density at radius 3 is 2.77 bits per heavy atom. The van der Waals surface area contributed by atoms with Gasteiger partial charge in [-0.2, -0.15) is 0 Å². The molecule has 0 radical (unpaired) electrons. The van der Waals surface area contributed by atoms with Gasteiger partial charge < -0.3 is 24.8 Å². The number of rotatable bonds is 7. The summed E-state index contributed by atoms with van der Waals surface area (Å²) >= 11 is 0. The van der Waals surface area contributed by atoms with Crippen LogP contribution >= 0.6 is 0 Å². The van der Waals surface area contributed by atoms with E-state index in [0.717, 1.165) is 48.8 Å². The third-order valence-electron chi connectivity index (χ3n) is 5.56. The molecule has 8 nitrogen and oxygen atoms in total. The van der Waals surface area contributed by atoms with Crippen LogP contribution < -0.4 is 19.7 Å². The van der Waals surface area contributed by atoms with Gasteiger partial charge in [-0.25, -0.2) is 9.97 Å². The second-order valence-corrected chi connectivity index (χ2v) is 7.67. The first-order valence-corrected chi connectivity index (χ1v) is 10.5. The van der Waals surface area contributed by atoms with Gasteiger partial charge >= 0.3 is 0 Å². The summed E-state index contributed by atoms with van der Waals surface area (Å²) in [5.41, 5.74) is 2.35. The third kappa shape index (κ3) is 4.18. The van der Waals surface area contributed by atoms with E-state index in [1.165, 1.54) is 0 Å². The van der Waals surface area contributed by atoms with Crippen molar-refractivity contribution >= 4 is 11.7 Å². The summed E-state index contributed by atoms with van der Waals surface area (Å²) < 4.78 is 11.5. The number of aliphatic hydroxyl groups excluding tert-OH is 1. The Hall–Kier alpha value is -2.87. The van der Waals surface area contributed by atoms with Crippen molar-refractivity contribution in [2.24, 2.45) is 0 Å². The lowest BCUT2D eigenvalue weighted by Gasteiger charge is -2.34. The summed E-state index contributed by atoms with van der Waals surface area (Å²) in [5, 5.41) is 12.2. The van der Waals surface area contributed by atoms with Gasteiger partial charge in [-0.1, -0.05) is 0 Å². The minimum atomic E-state index is -0.218. The predicted molar refractivity (Wildman–Crippen MR) is 112 cm³/mol. The Kier molecular flexibility index (Phi) is 6.03. The fraction of sp³-hybridized carbons (Fsp3) is 0.500. The molecule has 1 saturated heterocycles. The Morgan fingerprint density at radius 1 is 1.30 bits per heavy atom. The lowest BCUT2D eigenvalue weighted by atomic mass is 10.0. The van der Waals surface area contributed by atoms with Crippen molar-refractivity contribution in [3.8, 4) is 11.6 Å². The van der Waals surface area contributed by atoms with Crippen LogP contribution in [0.4, 0.5) is 5.82 Å². The lowest BCUT2D eigenvalue weighted by molar-refractivity contribution is 0.0952. The standard InChI is InChI=1S/C22H28N4O4/c1-3-29-19-5-4-16(13-23-19)30-15-6-9-26(10-7-15)21-14(2)12-17-20(25-21)18(8-11-27)24-22(17)28/h4-5,12-13,15,18,27H,3,6-11H2,1-2H3,(H,24,28)/t18-/m0/s1. The van der Waals surface area contributed by atoms with Crippen LogP contribution in [-0.2, 0) is 0 Å². The fourth-order valence-corrected chi connectivity index (χ4v) is 4.08. The number of aliphatic hydroxyl groups is 1. The highest BCUT2D eigenvalue weighted by atomic mass is 16.5. The molecule has 1 atom stereocenters. The number of ether oxygens (including phenoxy) is 2. The Bertz CT molecular complexity index is 895. The zero-order valence-electron chi connectivity index (χ0n) is 17.4. The summed E-state index contributed by atoms with van der Waals surface area (Å²) in [7, 11) is 0. The number of aryl methyl sites for hydroxylation is 1. The maximum absolute atomic E-state index is 12.2. The average Bonchev–Trinajstić information content (AvgIpc) is 3.04. The number of hydrogen-bond acceptors (Lipinski definition) is 7. The number of amides is 1. The normalized spacial score (nSPS) is 18.8. The molecule has 0 aromatic carbocycles. The zero-order valence-corrected chi connectivity index (χ0v) is 17.4. The van der Waals surface area contributed by atoms with Crippen LogP contribution in [0.15, 0.2) is 24.4 Å². The molecule has 1 fully saturated rings. The molecule has 2 N–H and O–H groups in total. The van der Waals surface area contributed by atoms with E-state index in [0.29, 0.717) is 24.5 Å². The Labute approximate surface area is 176 Å². The molecule has 0 aliphatic carbocycles. The highest BCUT2D eigenvalue weighted by Gasteiger charge is 2.32. The minimum absolute atomic E-state index is 0.0123. The van der Waals surface area contributed by atoms with E-state index in [4.69, 9.17) is 14.5 Å². The van der Waals surface area contributed by atoms with Gasteiger partial charge in [0.25, 0.3) is 5.91 Å². The second kappa shape index (κ2) is 8.87. The molecule has 1 amide bonds. The van der Waals surface area contributed by atoms with Crippen molar-refractivity contribution in [2.75, 3.05) is 31.2 Å². The average molecular weight is 412 g/mol. The molecule has 0 saturated carbocycles. The SMILES string of the molecule is CCOc1ccc(OC2CCN(c3nc4c(cc3C)C(=O)N[C@H]4CCO)CC2)cn1. The van der Waals surface area contributed by atoms with Crippen LogP contribution in [0.3, 0.4) is 0 Å². The fourth-order valence-electron chi connectivity index (χ4n) is 4.08. The molecule has 8 heteroatoms. The number of carbonyl (C=O) groups excluding carboxylic acids is 1. The molecule has 0 bridgehead atoms. The molecule has 2 aromatic rings. The van der Waals surface area contributed by atoms with Crippen LogP contribution in [0.5, 0.6) is 11.6 Å². The van der Waals surface area contributed by atoms with Crippen LogP contribution in [0.2, 0.25) is 0 Å². The van der Waals surface area contributed by atoms with Gasteiger partial charge in [0, 0.05) is 38.6 Å². The monoisotopic (exact) mass is 412 g/mol. The predicted octanol–water partition coefficient (Wildman–Crippen LogP) is 2.40. The molecule has 0 unspecified atom stereocenters. The summed E-state index contributed by atoms with van der Waals surface area (Å²) in [6, 6.07) is 5.41. The van der Waals surface area contributed by atoms with Crippen LogP contribution in [0, 0.1) is 6.92 Å². The molecule has 30 heavy (non-hydrogen) atoms. The van der Waals surface area contributed by atoms with Gasteiger partial charge in [0.1, 0.15) is 17.7 Å². The van der Waals surface area contributed by atoms with E-state index < -0.39 is 0 Å². The highest BCUT2D eigenvalue weighted by molar-refractivity contribution is 5.99. The quantitative estimate of drug-likeness (QED) is 0.721. The van der Waals surface area contributed by atoms with E-state index >= 15 is 0 Å². The van der Waals surface area contributed by atoms with E-state index in [1.54, 1.807) is 6.20 Å². The third-order valence-corrected chi connectivity index (χ3v) is 5.56. The van der Waals surface area contributed by atoms with Crippen molar-refractivity contribution < 1.29 is 19.4 Å². The number of nitrogens with one attached hydrogen (secondary N) is 1. The maximum Gasteiger partial charge on any atom is 0.253 e. The molecule has 160 valence electrons. The minimum Gasteiger partial charge on any atom is -0.489 e. The first-order valence-electron chi connectivity index (χ1n) is 10.5. The second-order valence-electron chi connectivity index (χ2n) is 7.67. The number of fused-ring (bicyclic) bond motifs is 1. The molecular formula is C22H28N4O4. The first kappa shape index (κ1) is 20.4. The molecule has 2 aliphatic heterocycles. The number of carbonyl (C=O) groups is 1. The lowest BCUT2D eigenvalue weighted by Crippen LogP contribution is -2.39. The van der Waals surface area contributed by atoms with Crippen molar-refractivity contribution in [1.82, 2.24) is 15.3 Å². The van der Waals surface area contributed by atoms with Crippen LogP contribution in [0.25, 0.3) is 0 Å². The van der Waals surface area contributed by atoms with Gasteiger partial charge in [-0.15, -0.1) is 0 Å². The van der Waals surface area contributed by atoms with E-state index in [9.17, 15) is 9.90 Å². The van der Waals surface area contributed by atoms with Crippen molar-refractivity contribution in [3.63, 3.8) is 0 Å². The molecule has 4 rings (SSSR count). The Balaban J connectivity index is 1.40. The molecule has 0 spiro atoms. The number of piperidine rings is 1. The van der Waals surface area contributed by atoms with E-state index in [2.05, 4.69) is 15.2 Å². The number of nitrogens with zero attached hydrogens (tertiary/aromatic N) is 3. The van der Waals surface area contributed by atoms with E-state index in [-0.39, 0.29) is 24.7 Å². The van der Waals surface area contributed by atoms with Crippen molar-refractivity contribution in [1.29, 1.82) is 0 Å². The first-order chi connectivity index (χ1) is 14.6. The van der Waals surface area contributed by atoms with Crippen molar-refractivity contribution in [3.05, 3.63) is 41.2 Å². The highest BCUT2D eigenvalue weighted by Crippen LogP contribution is 2.32. The summed E-state index contributed by atoms with van der Waals surface area (Å²) in [6.07, 6.45) is 4.06. The Morgan fingerprint density at radius 2 is 2.10 bits per heavy atom. The number of pyridine rings is 2. The number of aromatic nitrogens is 2. The molecule has 2 aliphatic rings. The smallest absolute Gasteiger partial charge is 0.253 e. The van der Waals surface area contributed by atoms with Gasteiger partial charge in [0.15, 0.2) is 0 Å². The van der Waals surface area contributed by atoms with Crippen molar-refractivity contribution in [2.45, 2.75) is 45.3 Å². The zero-order chi connectivity index (χ0) is 21.1. The maximum atomic E-state index is 12.2. The number of anilines is 1. The van der Waals surface area contributed by atoms with Gasteiger partial charge in [0.2, 0.25) is 5.88 Å². The van der Waals surface area contributed by atoms with Gasteiger partial charge in [0.05, 0.1) is 30.1 Å². The van der Waals surface area contributed by atoms with Crippen LogP contribution in [-0.4, -0.2) is 53.4 Å². The van der Waals surface area contributed by atoms with Crippen LogP contribution in [0.1, 0.15) is 53.8 Å².